The minimum absolute atomic E-state index is 0.0206. The number of benzene rings is 3. The van der Waals surface area contributed by atoms with Gasteiger partial charge in [-0.2, -0.15) is 0 Å². The largest absolute Gasteiger partial charge is 0.509 e. The van der Waals surface area contributed by atoms with Crippen LogP contribution >= 0.6 is 44.0 Å². The standard InChI is InChI=1S/C27H33O7PS3/c1-13-10-22(28)25(19(7)16(13)4)36-32-35(31,33-37-26-20(8)17(5)14(2)11-23(26)29)34-38-27-21(9)18(6)15(3)12-24(27)30/h10-12,28-30H,1-9H3. The summed E-state index contributed by atoms with van der Waals surface area (Å²) in [6.07, 6.45) is 0. The van der Waals surface area contributed by atoms with E-state index in [2.05, 4.69) is 0 Å². The van der Waals surface area contributed by atoms with Crippen LogP contribution in [-0.2, 0) is 16.5 Å². The smallest absolute Gasteiger partial charge is 0.507 e. The van der Waals surface area contributed by atoms with Gasteiger partial charge in [-0.25, -0.2) is 16.5 Å². The van der Waals surface area contributed by atoms with Crippen molar-refractivity contribution in [3.8, 4) is 17.2 Å². The predicted molar refractivity (Wildman–Crippen MR) is 155 cm³/mol. The number of aromatic hydroxyl groups is 3. The zero-order chi connectivity index (χ0) is 28.5. The molecule has 38 heavy (non-hydrogen) atoms. The first-order chi connectivity index (χ1) is 17.7. The first-order valence-electron chi connectivity index (χ1n) is 11.7. The van der Waals surface area contributed by atoms with Crippen LogP contribution in [0.4, 0.5) is 0 Å². The topological polar surface area (TPSA) is 105 Å². The Morgan fingerprint density at radius 2 is 0.737 bits per heavy atom. The number of phosphoric acid groups is 1. The molecule has 0 saturated carbocycles. The summed E-state index contributed by atoms with van der Waals surface area (Å²) in [5.74, 6) is -0.0618. The zero-order valence-electron chi connectivity index (χ0n) is 22.9. The second kappa shape index (κ2) is 12.2. The van der Waals surface area contributed by atoms with Crippen molar-refractivity contribution in [2.24, 2.45) is 0 Å². The highest BCUT2D eigenvalue weighted by atomic mass is 32.2. The molecular formula is C27H33O7PS3. The predicted octanol–water partition coefficient (Wildman–Crippen LogP) is 9.16. The molecule has 7 nitrogen and oxygen atoms in total. The highest BCUT2D eigenvalue weighted by Crippen LogP contribution is 2.63. The van der Waals surface area contributed by atoms with Crippen molar-refractivity contribution in [3.63, 3.8) is 0 Å². The van der Waals surface area contributed by atoms with Crippen LogP contribution in [0.5, 0.6) is 17.2 Å². The third-order valence-corrected chi connectivity index (χ3v) is 12.0. The molecule has 206 valence electrons. The van der Waals surface area contributed by atoms with Gasteiger partial charge in [0.15, 0.2) is 0 Å². The summed E-state index contributed by atoms with van der Waals surface area (Å²) >= 11 is 2.06. The monoisotopic (exact) mass is 596 g/mol. The van der Waals surface area contributed by atoms with Gasteiger partial charge in [0.25, 0.3) is 0 Å². The maximum atomic E-state index is 13.9. The number of hydrogen-bond donors (Lipinski definition) is 3. The van der Waals surface area contributed by atoms with E-state index in [-0.39, 0.29) is 17.2 Å². The molecule has 3 rings (SSSR count). The minimum atomic E-state index is -4.36. The van der Waals surface area contributed by atoms with E-state index >= 15 is 0 Å². The lowest BCUT2D eigenvalue weighted by molar-refractivity contribution is 0.348. The lowest BCUT2D eigenvalue weighted by atomic mass is 10.0. The van der Waals surface area contributed by atoms with Crippen molar-refractivity contribution >= 4 is 44.0 Å². The normalized spacial score (nSPS) is 11.8. The second-order valence-corrected chi connectivity index (χ2v) is 13.7. The zero-order valence-corrected chi connectivity index (χ0v) is 26.2. The quantitative estimate of drug-likeness (QED) is 0.163. The molecule has 0 amide bonds. The van der Waals surface area contributed by atoms with Gasteiger partial charge in [-0.3, -0.25) is 0 Å². The van der Waals surface area contributed by atoms with Gasteiger partial charge in [-0.15, -0.1) is 0 Å². The second-order valence-electron chi connectivity index (χ2n) is 9.30. The summed E-state index contributed by atoms with van der Waals surface area (Å²) in [4.78, 5) is 1.14. The van der Waals surface area contributed by atoms with E-state index in [0.29, 0.717) is 50.8 Å². The Labute approximate surface area is 237 Å². The van der Waals surface area contributed by atoms with E-state index in [1.165, 1.54) is 0 Å². The third kappa shape index (κ3) is 6.50. The van der Waals surface area contributed by atoms with Gasteiger partial charge in [0, 0.05) is 36.1 Å². The van der Waals surface area contributed by atoms with Crippen molar-refractivity contribution in [2.45, 2.75) is 77.0 Å². The molecule has 0 fully saturated rings. The molecule has 11 heteroatoms. The van der Waals surface area contributed by atoms with Gasteiger partial charge in [0.05, 0.1) is 14.7 Å². The molecule has 3 aromatic carbocycles. The third-order valence-electron chi connectivity index (χ3n) is 6.88. The number of phenols is 3. The van der Waals surface area contributed by atoms with Crippen molar-refractivity contribution < 1.29 is 31.8 Å². The highest BCUT2D eigenvalue weighted by molar-refractivity contribution is 8.04. The first-order valence-corrected chi connectivity index (χ1v) is 15.4. The summed E-state index contributed by atoms with van der Waals surface area (Å²) in [5, 5.41) is 31.6. The highest BCUT2D eigenvalue weighted by Gasteiger charge is 2.33. The average Bonchev–Trinajstić information content (AvgIpc) is 2.84. The summed E-state index contributed by atoms with van der Waals surface area (Å²) < 4.78 is 30.8. The van der Waals surface area contributed by atoms with Crippen LogP contribution < -0.4 is 0 Å². The van der Waals surface area contributed by atoms with Gasteiger partial charge in [-0.05, 0) is 131 Å². The fourth-order valence-corrected chi connectivity index (χ4v) is 7.94. The van der Waals surface area contributed by atoms with E-state index in [9.17, 15) is 19.9 Å². The fraction of sp³-hybridized carbons (Fsp3) is 0.333. The Kier molecular flexibility index (Phi) is 9.85. The molecule has 0 aliphatic rings. The SMILES string of the molecule is Cc1cc(O)c(SOP(=O)(OSc2c(O)cc(C)c(C)c2C)OSc2c(O)cc(C)c(C)c2C)c(C)c1C. The van der Waals surface area contributed by atoms with Gasteiger partial charge in [-0.1, -0.05) is 0 Å². The van der Waals surface area contributed by atoms with Gasteiger partial charge in [0.1, 0.15) is 17.2 Å². The fourth-order valence-electron chi connectivity index (χ4n) is 3.71. The van der Waals surface area contributed by atoms with Crippen LogP contribution in [-0.4, -0.2) is 15.3 Å². The number of rotatable bonds is 9. The van der Waals surface area contributed by atoms with Crippen molar-refractivity contribution in [2.75, 3.05) is 0 Å². The Morgan fingerprint density at radius 1 is 0.500 bits per heavy atom. The molecular weight excluding hydrogens is 563 g/mol. The Bertz CT molecular complexity index is 1270. The summed E-state index contributed by atoms with van der Waals surface area (Å²) in [6.45, 7) is 16.9. The lowest BCUT2D eigenvalue weighted by Gasteiger charge is -2.19. The molecule has 0 radical (unpaired) electrons. The summed E-state index contributed by atoms with van der Waals surface area (Å²) in [6, 6.07) is 4.82. The number of phenolic OH excluding ortho intramolecular Hbond substituents is 3. The molecule has 0 spiro atoms. The summed E-state index contributed by atoms with van der Waals surface area (Å²) in [5.41, 5.74) is 7.91. The van der Waals surface area contributed by atoms with E-state index < -0.39 is 7.82 Å². The molecule has 0 unspecified atom stereocenters. The van der Waals surface area contributed by atoms with Crippen molar-refractivity contribution in [1.82, 2.24) is 0 Å². The van der Waals surface area contributed by atoms with Crippen LogP contribution in [0, 0.1) is 62.3 Å². The number of hydrogen-bond acceptors (Lipinski definition) is 10. The van der Waals surface area contributed by atoms with E-state index in [1.54, 1.807) is 18.2 Å². The molecule has 0 aromatic heterocycles. The molecule has 3 aromatic rings. The number of aryl methyl sites for hydroxylation is 3. The van der Waals surface area contributed by atoms with Gasteiger partial charge < -0.3 is 15.3 Å². The first kappa shape index (κ1) is 30.8. The Morgan fingerprint density at radius 3 is 0.974 bits per heavy atom. The van der Waals surface area contributed by atoms with Crippen molar-refractivity contribution in [1.29, 1.82) is 0 Å². The molecule has 0 atom stereocenters. The van der Waals surface area contributed by atoms with Crippen LogP contribution in [0.1, 0.15) is 50.1 Å². The maximum Gasteiger partial charge on any atom is 0.509 e. The minimum Gasteiger partial charge on any atom is -0.507 e. The maximum absolute atomic E-state index is 13.9. The molecule has 3 N–H and O–H groups in total. The van der Waals surface area contributed by atoms with Crippen LogP contribution in [0.15, 0.2) is 32.9 Å². The van der Waals surface area contributed by atoms with Crippen molar-refractivity contribution in [3.05, 3.63) is 68.3 Å². The molecule has 0 aliphatic heterocycles. The molecule has 0 bridgehead atoms. The van der Waals surface area contributed by atoms with Gasteiger partial charge in [0.2, 0.25) is 0 Å². The lowest BCUT2D eigenvalue weighted by Crippen LogP contribution is -1.95. The van der Waals surface area contributed by atoms with Crippen LogP contribution in [0.25, 0.3) is 0 Å². The van der Waals surface area contributed by atoms with Crippen LogP contribution in [0.3, 0.4) is 0 Å². The average molecular weight is 597 g/mol. The van der Waals surface area contributed by atoms with E-state index in [4.69, 9.17) is 11.9 Å². The summed E-state index contributed by atoms with van der Waals surface area (Å²) in [7, 11) is -4.36. The van der Waals surface area contributed by atoms with Gasteiger partial charge >= 0.3 is 7.82 Å². The molecule has 0 saturated heterocycles. The molecule has 0 heterocycles. The van der Waals surface area contributed by atoms with E-state index in [1.807, 2.05) is 62.3 Å². The van der Waals surface area contributed by atoms with Crippen LogP contribution in [0.2, 0.25) is 0 Å². The Hall–Kier alpha value is -1.78. The molecule has 0 aliphatic carbocycles. The van der Waals surface area contributed by atoms with E-state index in [0.717, 1.165) is 50.1 Å². The Balaban J connectivity index is 1.94.